The molecule has 0 radical (unpaired) electrons. The average Bonchev–Trinajstić information content (AvgIpc) is 2.39. The molecule has 0 saturated heterocycles. The monoisotopic (exact) mass is 325 g/mol. The maximum absolute atomic E-state index is 5.95. The third-order valence-electron chi connectivity index (χ3n) is 2.65. The highest BCUT2D eigenvalue weighted by molar-refractivity contribution is 9.08. The molecule has 0 atom stereocenters. The Bertz CT molecular complexity index is 545. The van der Waals surface area contributed by atoms with E-state index in [0.717, 1.165) is 22.6 Å². The molecule has 0 saturated carbocycles. The molecule has 0 aliphatic carbocycles. The quantitative estimate of drug-likeness (QED) is 0.771. The summed E-state index contributed by atoms with van der Waals surface area (Å²) in [5, 5.41) is 1.43. The van der Waals surface area contributed by atoms with Gasteiger partial charge in [0.2, 0.25) is 0 Å². The molecule has 0 amide bonds. The van der Waals surface area contributed by atoms with Gasteiger partial charge in [0, 0.05) is 22.1 Å². The van der Waals surface area contributed by atoms with E-state index in [4.69, 9.17) is 16.3 Å². The van der Waals surface area contributed by atoms with Gasteiger partial charge in [0.25, 0.3) is 0 Å². The van der Waals surface area contributed by atoms with Gasteiger partial charge in [-0.15, -0.1) is 0 Å². The van der Waals surface area contributed by atoms with Crippen molar-refractivity contribution in [2.24, 2.45) is 0 Å². The number of hydrogen-bond donors (Lipinski definition) is 0. The predicted molar refractivity (Wildman–Crippen MR) is 77.4 cm³/mol. The zero-order chi connectivity index (χ0) is 13.0. The number of hydrogen-bond acceptors (Lipinski definition) is 2. The van der Waals surface area contributed by atoms with Crippen LogP contribution in [-0.2, 0) is 11.9 Å². The van der Waals surface area contributed by atoms with Gasteiger partial charge in [0.05, 0.1) is 5.69 Å². The lowest BCUT2D eigenvalue weighted by Gasteiger charge is -2.11. The van der Waals surface area contributed by atoms with Crippen LogP contribution in [0.25, 0.3) is 0 Å². The van der Waals surface area contributed by atoms with Gasteiger partial charge in [-0.25, -0.2) is 0 Å². The molecule has 0 aliphatic heterocycles. The third-order valence-corrected chi connectivity index (χ3v) is 3.49. The first-order chi connectivity index (χ1) is 8.70. The Morgan fingerprint density at radius 2 is 2.17 bits per heavy atom. The van der Waals surface area contributed by atoms with Crippen molar-refractivity contribution in [3.05, 3.63) is 58.4 Å². The molecule has 2 aromatic rings. The van der Waals surface area contributed by atoms with Gasteiger partial charge in [-0.1, -0.05) is 33.6 Å². The molecule has 2 rings (SSSR count). The Kier molecular flexibility index (Phi) is 4.61. The fourth-order valence-electron chi connectivity index (χ4n) is 1.61. The van der Waals surface area contributed by atoms with Crippen LogP contribution >= 0.6 is 27.5 Å². The van der Waals surface area contributed by atoms with Crippen molar-refractivity contribution in [1.29, 1.82) is 0 Å². The number of ether oxygens (including phenoxy) is 1. The minimum atomic E-state index is 0.467. The summed E-state index contributed by atoms with van der Waals surface area (Å²) in [5.41, 5.74) is 3.12. The Hall–Kier alpha value is -1.06. The Morgan fingerprint density at radius 1 is 1.33 bits per heavy atom. The van der Waals surface area contributed by atoms with E-state index in [1.54, 1.807) is 6.20 Å². The van der Waals surface area contributed by atoms with E-state index in [1.165, 1.54) is 0 Å². The molecular formula is C14H13BrClNO. The third kappa shape index (κ3) is 3.24. The number of pyridine rings is 1. The minimum Gasteiger partial charge on any atom is -0.487 e. The van der Waals surface area contributed by atoms with Crippen molar-refractivity contribution in [3.8, 4) is 5.75 Å². The molecule has 18 heavy (non-hydrogen) atoms. The Balaban J connectivity index is 2.13. The molecule has 0 aliphatic rings. The summed E-state index contributed by atoms with van der Waals surface area (Å²) < 4.78 is 5.80. The Morgan fingerprint density at radius 3 is 2.89 bits per heavy atom. The molecule has 0 spiro atoms. The van der Waals surface area contributed by atoms with Gasteiger partial charge in [0.1, 0.15) is 12.4 Å². The molecule has 4 heteroatoms. The van der Waals surface area contributed by atoms with Crippen molar-refractivity contribution >= 4 is 27.5 Å². The van der Waals surface area contributed by atoms with Crippen LogP contribution < -0.4 is 4.74 Å². The maximum atomic E-state index is 5.95. The lowest BCUT2D eigenvalue weighted by molar-refractivity contribution is 0.298. The van der Waals surface area contributed by atoms with E-state index in [0.29, 0.717) is 17.0 Å². The summed E-state index contributed by atoms with van der Waals surface area (Å²) in [7, 11) is 0. The summed E-state index contributed by atoms with van der Waals surface area (Å²) in [4.78, 5) is 4.30. The van der Waals surface area contributed by atoms with E-state index in [1.807, 2.05) is 37.3 Å². The second-order valence-electron chi connectivity index (χ2n) is 3.94. The number of benzene rings is 1. The fourth-order valence-corrected chi connectivity index (χ4v) is 2.24. The molecular weight excluding hydrogens is 314 g/mol. The van der Waals surface area contributed by atoms with Crippen molar-refractivity contribution in [1.82, 2.24) is 4.98 Å². The summed E-state index contributed by atoms with van der Waals surface area (Å²) in [6.45, 7) is 2.49. The fraction of sp³-hybridized carbons (Fsp3) is 0.214. The standard InChI is InChI=1S/C14H13BrClNO/c1-10-3-2-6-17-13(10)9-18-14-5-4-12(16)7-11(14)8-15/h2-7H,8-9H2,1H3. The number of alkyl halides is 1. The molecule has 0 unspecified atom stereocenters. The van der Waals surface area contributed by atoms with Crippen LogP contribution in [0.5, 0.6) is 5.75 Å². The second kappa shape index (κ2) is 6.21. The van der Waals surface area contributed by atoms with Crippen molar-refractivity contribution in [2.45, 2.75) is 18.9 Å². The summed E-state index contributed by atoms with van der Waals surface area (Å²) in [5.74, 6) is 0.835. The summed E-state index contributed by atoms with van der Waals surface area (Å²) in [6, 6.07) is 9.56. The topological polar surface area (TPSA) is 22.1 Å². The van der Waals surface area contributed by atoms with Gasteiger partial charge < -0.3 is 4.74 Å². The Labute approximate surface area is 120 Å². The zero-order valence-electron chi connectivity index (χ0n) is 9.99. The smallest absolute Gasteiger partial charge is 0.130 e. The molecule has 1 aromatic heterocycles. The van der Waals surface area contributed by atoms with Crippen LogP contribution in [0.1, 0.15) is 16.8 Å². The number of halogens is 2. The van der Waals surface area contributed by atoms with E-state index < -0.39 is 0 Å². The highest BCUT2D eigenvalue weighted by atomic mass is 79.9. The molecule has 94 valence electrons. The van der Waals surface area contributed by atoms with E-state index in [9.17, 15) is 0 Å². The normalized spacial score (nSPS) is 10.4. The molecule has 1 heterocycles. The summed E-state index contributed by atoms with van der Waals surface area (Å²) >= 11 is 9.38. The first-order valence-electron chi connectivity index (χ1n) is 5.58. The SMILES string of the molecule is Cc1cccnc1COc1ccc(Cl)cc1CBr. The highest BCUT2D eigenvalue weighted by Gasteiger charge is 2.05. The average molecular weight is 327 g/mol. The molecule has 1 aromatic carbocycles. The van der Waals surface area contributed by atoms with Crippen molar-refractivity contribution in [3.63, 3.8) is 0 Å². The van der Waals surface area contributed by atoms with E-state index >= 15 is 0 Å². The second-order valence-corrected chi connectivity index (χ2v) is 4.94. The van der Waals surface area contributed by atoms with Crippen molar-refractivity contribution < 1.29 is 4.74 Å². The van der Waals surface area contributed by atoms with Crippen LogP contribution in [-0.4, -0.2) is 4.98 Å². The van der Waals surface area contributed by atoms with Gasteiger partial charge in [0.15, 0.2) is 0 Å². The van der Waals surface area contributed by atoms with Gasteiger partial charge >= 0.3 is 0 Å². The molecule has 0 fully saturated rings. The van der Waals surface area contributed by atoms with Crippen LogP contribution in [0.15, 0.2) is 36.5 Å². The van der Waals surface area contributed by atoms with Gasteiger partial charge in [-0.3, -0.25) is 4.98 Å². The van der Waals surface area contributed by atoms with Crippen LogP contribution in [0.3, 0.4) is 0 Å². The summed E-state index contributed by atoms with van der Waals surface area (Å²) in [6.07, 6.45) is 1.78. The van der Waals surface area contributed by atoms with Crippen LogP contribution in [0.2, 0.25) is 5.02 Å². The first-order valence-corrected chi connectivity index (χ1v) is 7.08. The predicted octanol–water partition coefficient (Wildman–Crippen LogP) is 4.52. The number of rotatable bonds is 4. The van der Waals surface area contributed by atoms with Crippen LogP contribution in [0.4, 0.5) is 0 Å². The van der Waals surface area contributed by atoms with Crippen LogP contribution in [0, 0.1) is 6.92 Å². The maximum Gasteiger partial charge on any atom is 0.130 e. The lowest BCUT2D eigenvalue weighted by Crippen LogP contribution is -2.01. The first kappa shape index (κ1) is 13.4. The van der Waals surface area contributed by atoms with Gasteiger partial charge in [-0.05, 0) is 36.8 Å². The minimum absolute atomic E-state index is 0.467. The van der Waals surface area contributed by atoms with E-state index in [-0.39, 0.29) is 0 Å². The number of nitrogens with zero attached hydrogens (tertiary/aromatic N) is 1. The van der Waals surface area contributed by atoms with E-state index in [2.05, 4.69) is 20.9 Å². The lowest BCUT2D eigenvalue weighted by atomic mass is 10.2. The molecule has 0 N–H and O–H groups in total. The zero-order valence-corrected chi connectivity index (χ0v) is 12.3. The number of aryl methyl sites for hydroxylation is 1. The highest BCUT2D eigenvalue weighted by Crippen LogP contribution is 2.25. The van der Waals surface area contributed by atoms with Crippen molar-refractivity contribution in [2.75, 3.05) is 0 Å². The largest absolute Gasteiger partial charge is 0.487 e. The molecule has 2 nitrogen and oxygen atoms in total. The number of aromatic nitrogens is 1. The van der Waals surface area contributed by atoms with Gasteiger partial charge in [-0.2, -0.15) is 0 Å². The molecule has 0 bridgehead atoms.